The van der Waals surface area contributed by atoms with E-state index >= 15 is 0 Å². The van der Waals surface area contributed by atoms with Gasteiger partial charge in [-0.25, -0.2) is 9.46 Å². The summed E-state index contributed by atoms with van der Waals surface area (Å²) in [7, 11) is -1.28. The number of rotatable bonds is 16. The van der Waals surface area contributed by atoms with Gasteiger partial charge in [-0.1, -0.05) is 30.3 Å². The SMILES string of the molecule is CC(C)N(C(C)C)P(OCCC(C)(C)OCCC(C)(C)C(=O)ON1C(=O)CCC1=O)OCc1ccccc1. The molecule has 1 atom stereocenters. The highest BCUT2D eigenvalue weighted by molar-refractivity contribution is 7.44. The van der Waals surface area contributed by atoms with Gasteiger partial charge in [0.05, 0.1) is 24.2 Å². The molecule has 10 heteroatoms. The number of carbonyl (C=O) groups excluding carboxylic acids is 3. The van der Waals surface area contributed by atoms with E-state index in [1.807, 2.05) is 44.2 Å². The van der Waals surface area contributed by atoms with Crippen molar-refractivity contribution >= 4 is 26.3 Å². The molecule has 38 heavy (non-hydrogen) atoms. The third kappa shape index (κ3) is 10.0. The number of hydroxylamine groups is 2. The van der Waals surface area contributed by atoms with Gasteiger partial charge in [0.1, 0.15) is 0 Å². The summed E-state index contributed by atoms with van der Waals surface area (Å²) in [5, 5.41) is 0.585. The van der Waals surface area contributed by atoms with Crippen molar-refractivity contribution in [1.82, 2.24) is 9.73 Å². The van der Waals surface area contributed by atoms with Crippen molar-refractivity contribution in [2.75, 3.05) is 13.2 Å². The zero-order valence-corrected chi connectivity index (χ0v) is 25.1. The molecule has 1 aliphatic rings. The van der Waals surface area contributed by atoms with E-state index in [-0.39, 0.29) is 24.9 Å². The molecule has 1 saturated heterocycles. The average molecular weight is 553 g/mol. The minimum absolute atomic E-state index is 0.0670. The summed E-state index contributed by atoms with van der Waals surface area (Å²) in [6.07, 6.45) is 1.13. The number of ether oxygens (including phenoxy) is 1. The molecule has 9 nitrogen and oxygen atoms in total. The first-order valence-electron chi connectivity index (χ1n) is 13.3. The van der Waals surface area contributed by atoms with Crippen molar-refractivity contribution in [3.63, 3.8) is 0 Å². The normalized spacial score (nSPS) is 15.7. The molecule has 2 amide bonds. The second kappa shape index (κ2) is 14.5. The molecule has 0 radical (unpaired) electrons. The molecule has 0 bridgehead atoms. The summed E-state index contributed by atoms with van der Waals surface area (Å²) >= 11 is 0. The first-order valence-corrected chi connectivity index (χ1v) is 14.5. The number of hydrogen-bond donors (Lipinski definition) is 0. The fourth-order valence-electron chi connectivity index (χ4n) is 3.84. The smallest absolute Gasteiger partial charge is 0.338 e. The number of benzene rings is 1. The van der Waals surface area contributed by atoms with Gasteiger partial charge in [-0.05, 0) is 73.8 Å². The van der Waals surface area contributed by atoms with E-state index in [1.165, 1.54) is 0 Å². The molecule has 1 aliphatic heterocycles. The Hall–Kier alpha value is -1.90. The van der Waals surface area contributed by atoms with Gasteiger partial charge in [0.2, 0.25) is 0 Å². The molecule has 0 aromatic heterocycles. The Morgan fingerprint density at radius 1 is 0.921 bits per heavy atom. The lowest BCUT2D eigenvalue weighted by molar-refractivity contribution is -0.205. The second-order valence-electron chi connectivity index (χ2n) is 11.4. The fourth-order valence-corrected chi connectivity index (χ4v) is 5.44. The Kier molecular flexibility index (Phi) is 12.3. The lowest BCUT2D eigenvalue weighted by Gasteiger charge is -2.36. The average Bonchev–Trinajstić information content (AvgIpc) is 3.14. The molecule has 0 saturated carbocycles. The minimum Gasteiger partial charge on any atom is -0.375 e. The van der Waals surface area contributed by atoms with Crippen LogP contribution in [0.5, 0.6) is 0 Å². The van der Waals surface area contributed by atoms with Crippen LogP contribution < -0.4 is 0 Å². The lowest BCUT2D eigenvalue weighted by Crippen LogP contribution is -2.38. The van der Waals surface area contributed by atoms with E-state index in [4.69, 9.17) is 18.6 Å². The first-order chi connectivity index (χ1) is 17.7. The number of amides is 2. The zero-order chi connectivity index (χ0) is 28.5. The predicted molar refractivity (Wildman–Crippen MR) is 146 cm³/mol. The number of carbonyl (C=O) groups is 3. The van der Waals surface area contributed by atoms with Gasteiger partial charge < -0.3 is 18.6 Å². The number of nitrogens with zero attached hydrogens (tertiary/aromatic N) is 2. The van der Waals surface area contributed by atoms with E-state index in [1.54, 1.807) is 13.8 Å². The van der Waals surface area contributed by atoms with Crippen LogP contribution in [0.2, 0.25) is 0 Å². The quantitative estimate of drug-likeness (QED) is 0.188. The summed E-state index contributed by atoms with van der Waals surface area (Å²) < 4.78 is 21.0. The largest absolute Gasteiger partial charge is 0.375 e. The van der Waals surface area contributed by atoms with Crippen molar-refractivity contribution in [3.8, 4) is 0 Å². The summed E-state index contributed by atoms with van der Waals surface area (Å²) in [6, 6.07) is 10.6. The van der Waals surface area contributed by atoms with E-state index in [0.717, 1.165) is 5.56 Å². The van der Waals surface area contributed by atoms with Gasteiger partial charge in [0.15, 0.2) is 0 Å². The van der Waals surface area contributed by atoms with Crippen LogP contribution in [0.15, 0.2) is 30.3 Å². The molecule has 0 spiro atoms. The molecule has 1 fully saturated rings. The van der Waals surface area contributed by atoms with Crippen LogP contribution in [0.4, 0.5) is 0 Å². The summed E-state index contributed by atoms with van der Waals surface area (Å²) in [6.45, 7) is 17.2. The van der Waals surface area contributed by atoms with Crippen LogP contribution in [0.25, 0.3) is 0 Å². The fraction of sp³-hybridized carbons (Fsp3) is 0.679. The highest BCUT2D eigenvalue weighted by Crippen LogP contribution is 2.47. The highest BCUT2D eigenvalue weighted by Gasteiger charge is 2.38. The van der Waals surface area contributed by atoms with Gasteiger partial charge in [0.25, 0.3) is 20.3 Å². The molecule has 1 aromatic rings. The standard InChI is InChI=1S/C28H45N2O7P/c1-21(2)30(22(3)4)38(36-20-23-12-10-9-11-13-23)35-19-17-28(7,8)34-18-16-27(5,6)26(33)37-29-24(31)14-15-25(29)32/h9-13,21-22H,14-20H2,1-8H3. The number of hydrogen-bond acceptors (Lipinski definition) is 8. The van der Waals surface area contributed by atoms with Gasteiger partial charge in [0, 0.05) is 31.5 Å². The van der Waals surface area contributed by atoms with Crippen LogP contribution in [0.1, 0.15) is 86.6 Å². The molecular weight excluding hydrogens is 507 g/mol. The monoisotopic (exact) mass is 552 g/mol. The molecule has 1 heterocycles. The Bertz CT molecular complexity index is 897. The van der Waals surface area contributed by atoms with E-state index in [2.05, 4.69) is 32.4 Å². The topological polar surface area (TPSA) is 94.6 Å². The maximum absolute atomic E-state index is 12.6. The van der Waals surface area contributed by atoms with E-state index in [9.17, 15) is 14.4 Å². The molecule has 0 N–H and O–H groups in total. The second-order valence-corrected chi connectivity index (χ2v) is 12.8. The third-order valence-corrected chi connectivity index (χ3v) is 8.34. The minimum atomic E-state index is -1.28. The Labute approximate surface area is 229 Å². The van der Waals surface area contributed by atoms with Crippen molar-refractivity contribution in [3.05, 3.63) is 35.9 Å². The maximum Gasteiger partial charge on any atom is 0.338 e. The van der Waals surface area contributed by atoms with Gasteiger partial charge in [-0.15, -0.1) is 5.06 Å². The molecule has 1 unspecified atom stereocenters. The Balaban J connectivity index is 1.86. The molecule has 1 aromatic carbocycles. The molecule has 2 rings (SSSR count). The van der Waals surface area contributed by atoms with Crippen molar-refractivity contribution < 1.29 is 33.0 Å². The molecular formula is C28H45N2O7P. The van der Waals surface area contributed by atoms with Crippen LogP contribution in [-0.4, -0.2) is 58.4 Å². The molecule has 0 aliphatic carbocycles. The first kappa shape index (κ1) is 32.3. The summed E-state index contributed by atoms with van der Waals surface area (Å²) in [5.41, 5.74) is -0.328. The Morgan fingerprint density at radius 2 is 1.50 bits per heavy atom. The van der Waals surface area contributed by atoms with Gasteiger partial charge in [-0.2, -0.15) is 0 Å². The van der Waals surface area contributed by atoms with Crippen molar-refractivity contribution in [2.24, 2.45) is 5.41 Å². The summed E-state index contributed by atoms with van der Waals surface area (Å²) in [5.74, 6) is -1.61. The third-order valence-electron chi connectivity index (χ3n) is 6.29. The molecule has 214 valence electrons. The summed E-state index contributed by atoms with van der Waals surface area (Å²) in [4.78, 5) is 41.2. The van der Waals surface area contributed by atoms with Crippen molar-refractivity contribution in [2.45, 2.75) is 105 Å². The van der Waals surface area contributed by atoms with E-state index in [0.29, 0.717) is 37.7 Å². The van der Waals surface area contributed by atoms with Crippen LogP contribution in [0, 0.1) is 5.41 Å². The predicted octanol–water partition coefficient (Wildman–Crippen LogP) is 5.77. The zero-order valence-electron chi connectivity index (χ0n) is 24.2. The van der Waals surface area contributed by atoms with Crippen LogP contribution in [0.3, 0.4) is 0 Å². The van der Waals surface area contributed by atoms with Gasteiger partial charge in [-0.3, -0.25) is 9.59 Å². The van der Waals surface area contributed by atoms with Crippen LogP contribution in [-0.2, 0) is 39.6 Å². The van der Waals surface area contributed by atoms with Gasteiger partial charge >= 0.3 is 5.97 Å². The highest BCUT2D eigenvalue weighted by atomic mass is 31.2. The van der Waals surface area contributed by atoms with Crippen molar-refractivity contribution in [1.29, 1.82) is 0 Å². The van der Waals surface area contributed by atoms with Crippen LogP contribution >= 0.6 is 8.53 Å². The Morgan fingerprint density at radius 3 is 2.05 bits per heavy atom. The van der Waals surface area contributed by atoms with E-state index < -0.39 is 37.3 Å². The number of imide groups is 1. The lowest BCUT2D eigenvalue weighted by atomic mass is 9.90. The maximum atomic E-state index is 12.6.